The first-order chi connectivity index (χ1) is 4.79. The van der Waals surface area contributed by atoms with E-state index in [1.54, 1.807) is 0 Å². The number of nitrogens with zero attached hydrogens (tertiary/aromatic N) is 2. The van der Waals surface area contributed by atoms with Crippen LogP contribution in [0.5, 0.6) is 0 Å². The molecule has 0 N–H and O–H groups in total. The van der Waals surface area contributed by atoms with Crippen LogP contribution in [0.3, 0.4) is 0 Å². The molecule has 0 saturated heterocycles. The standard InChI is InChI=1S/C8H13N2/c1-4-8-6-9-10(5-2)7(8)3/h4-5H2,1-3H3. The zero-order valence-electron chi connectivity index (χ0n) is 6.81. The van der Waals surface area contributed by atoms with E-state index in [4.69, 9.17) is 0 Å². The van der Waals surface area contributed by atoms with E-state index in [0.29, 0.717) is 0 Å². The van der Waals surface area contributed by atoms with Crippen molar-refractivity contribution in [3.63, 3.8) is 0 Å². The second-order valence-electron chi connectivity index (χ2n) is 2.35. The van der Waals surface area contributed by atoms with Crippen molar-refractivity contribution in [3.05, 3.63) is 17.5 Å². The van der Waals surface area contributed by atoms with Crippen molar-refractivity contribution in [1.82, 2.24) is 9.78 Å². The first kappa shape index (κ1) is 7.32. The Bertz CT molecular complexity index is 192. The second-order valence-corrected chi connectivity index (χ2v) is 2.35. The maximum Gasteiger partial charge on any atom is 0.116 e. The van der Waals surface area contributed by atoms with Crippen LogP contribution >= 0.6 is 0 Å². The molecule has 1 rings (SSSR count). The summed E-state index contributed by atoms with van der Waals surface area (Å²) in [5, 5.41) is 4.10. The van der Waals surface area contributed by atoms with Crippen molar-refractivity contribution in [1.29, 1.82) is 0 Å². The molecule has 1 heterocycles. The fourth-order valence-corrected chi connectivity index (χ4v) is 1.08. The van der Waals surface area contributed by atoms with Gasteiger partial charge in [0, 0.05) is 17.8 Å². The molecule has 2 heteroatoms. The van der Waals surface area contributed by atoms with Crippen LogP contribution in [-0.4, -0.2) is 9.78 Å². The molecular weight excluding hydrogens is 124 g/mol. The van der Waals surface area contributed by atoms with Gasteiger partial charge in [-0.05, 0) is 20.3 Å². The van der Waals surface area contributed by atoms with Gasteiger partial charge in [-0.2, -0.15) is 5.10 Å². The lowest BCUT2D eigenvalue weighted by Gasteiger charge is -1.98. The van der Waals surface area contributed by atoms with Crippen LogP contribution in [0.15, 0.2) is 0 Å². The maximum atomic E-state index is 4.10. The van der Waals surface area contributed by atoms with Crippen LogP contribution in [0.1, 0.15) is 25.1 Å². The molecule has 0 atom stereocenters. The monoisotopic (exact) mass is 137 g/mol. The molecule has 0 unspecified atom stereocenters. The topological polar surface area (TPSA) is 17.8 Å². The van der Waals surface area contributed by atoms with E-state index in [1.807, 2.05) is 4.68 Å². The molecule has 0 amide bonds. The molecular formula is C8H13N2. The molecule has 0 aliphatic carbocycles. The normalized spacial score (nSPS) is 10.3. The summed E-state index contributed by atoms with van der Waals surface area (Å²) in [5.41, 5.74) is 2.49. The number of hydrogen-bond acceptors (Lipinski definition) is 1. The number of aromatic nitrogens is 2. The van der Waals surface area contributed by atoms with Crippen LogP contribution in [0, 0.1) is 13.1 Å². The third-order valence-corrected chi connectivity index (χ3v) is 1.78. The van der Waals surface area contributed by atoms with Crippen molar-refractivity contribution in [2.24, 2.45) is 0 Å². The van der Waals surface area contributed by atoms with E-state index >= 15 is 0 Å². The van der Waals surface area contributed by atoms with Crippen LogP contribution in [-0.2, 0) is 13.0 Å². The van der Waals surface area contributed by atoms with E-state index in [1.165, 1.54) is 11.3 Å². The molecule has 0 fully saturated rings. The lowest BCUT2D eigenvalue weighted by Crippen LogP contribution is -1.98. The molecule has 1 aromatic heterocycles. The number of rotatable bonds is 2. The second kappa shape index (κ2) is 2.86. The summed E-state index contributed by atoms with van der Waals surface area (Å²) in [6, 6.07) is 0. The summed E-state index contributed by atoms with van der Waals surface area (Å²) in [7, 11) is 0. The lowest BCUT2D eigenvalue weighted by molar-refractivity contribution is 0.637. The van der Waals surface area contributed by atoms with Gasteiger partial charge in [-0.15, -0.1) is 0 Å². The summed E-state index contributed by atoms with van der Waals surface area (Å²) in [5.74, 6) is 0. The minimum Gasteiger partial charge on any atom is -0.269 e. The lowest BCUT2D eigenvalue weighted by atomic mass is 10.2. The minimum atomic E-state index is 0.947. The van der Waals surface area contributed by atoms with E-state index in [2.05, 4.69) is 32.1 Å². The third kappa shape index (κ3) is 1.06. The van der Waals surface area contributed by atoms with Crippen LogP contribution in [0.2, 0.25) is 0 Å². The Hall–Kier alpha value is -0.790. The molecule has 2 nitrogen and oxygen atoms in total. The van der Waals surface area contributed by atoms with Gasteiger partial charge in [0.25, 0.3) is 0 Å². The summed E-state index contributed by atoms with van der Waals surface area (Å²) in [6.07, 6.45) is 4.02. The highest BCUT2D eigenvalue weighted by Gasteiger charge is 2.01. The Labute approximate surface area is 61.9 Å². The average Bonchev–Trinajstić information content (AvgIpc) is 2.30. The smallest absolute Gasteiger partial charge is 0.116 e. The molecule has 55 valence electrons. The minimum absolute atomic E-state index is 0.947. The molecule has 10 heavy (non-hydrogen) atoms. The first-order valence-electron chi connectivity index (χ1n) is 3.73. The predicted octanol–water partition coefficient (Wildman–Crippen LogP) is 1.57. The predicted molar refractivity (Wildman–Crippen MR) is 40.9 cm³/mol. The molecule has 0 aliphatic heterocycles. The van der Waals surface area contributed by atoms with Crippen molar-refractivity contribution < 1.29 is 0 Å². The highest BCUT2D eigenvalue weighted by Crippen LogP contribution is 2.05. The highest BCUT2D eigenvalue weighted by atomic mass is 15.3. The number of aryl methyl sites for hydroxylation is 2. The Kier molecular flexibility index (Phi) is 2.10. The van der Waals surface area contributed by atoms with Gasteiger partial charge in [-0.25, -0.2) is 0 Å². The molecule has 0 saturated carbocycles. The Morgan fingerprint density at radius 2 is 2.20 bits per heavy atom. The van der Waals surface area contributed by atoms with E-state index in [0.717, 1.165) is 13.0 Å². The largest absolute Gasteiger partial charge is 0.269 e. The fraction of sp³-hybridized carbons (Fsp3) is 0.625. The molecule has 0 spiro atoms. The molecule has 0 aromatic carbocycles. The molecule has 1 radical (unpaired) electrons. The van der Waals surface area contributed by atoms with Gasteiger partial charge < -0.3 is 0 Å². The summed E-state index contributed by atoms with van der Waals surface area (Å²) < 4.78 is 1.97. The van der Waals surface area contributed by atoms with Gasteiger partial charge in [0.2, 0.25) is 0 Å². The SMILES string of the molecule is CCc1[c]nn(CC)c1C. The number of hydrogen-bond donors (Lipinski definition) is 0. The van der Waals surface area contributed by atoms with Gasteiger partial charge in [0.15, 0.2) is 0 Å². The molecule has 0 aliphatic rings. The third-order valence-electron chi connectivity index (χ3n) is 1.78. The van der Waals surface area contributed by atoms with Gasteiger partial charge in [0.1, 0.15) is 6.20 Å². The van der Waals surface area contributed by atoms with Crippen LogP contribution in [0.4, 0.5) is 0 Å². The first-order valence-corrected chi connectivity index (χ1v) is 3.73. The average molecular weight is 137 g/mol. The molecule has 0 bridgehead atoms. The van der Waals surface area contributed by atoms with E-state index in [9.17, 15) is 0 Å². The van der Waals surface area contributed by atoms with Gasteiger partial charge in [-0.1, -0.05) is 6.92 Å². The fourth-order valence-electron chi connectivity index (χ4n) is 1.08. The van der Waals surface area contributed by atoms with Gasteiger partial charge >= 0.3 is 0 Å². The van der Waals surface area contributed by atoms with E-state index < -0.39 is 0 Å². The van der Waals surface area contributed by atoms with Crippen LogP contribution < -0.4 is 0 Å². The Morgan fingerprint density at radius 1 is 1.50 bits per heavy atom. The zero-order chi connectivity index (χ0) is 7.56. The summed E-state index contributed by atoms with van der Waals surface area (Å²) in [4.78, 5) is 0. The van der Waals surface area contributed by atoms with Crippen LogP contribution in [0.25, 0.3) is 0 Å². The summed E-state index contributed by atoms with van der Waals surface area (Å²) in [6.45, 7) is 7.25. The van der Waals surface area contributed by atoms with Gasteiger partial charge in [0.05, 0.1) is 0 Å². The van der Waals surface area contributed by atoms with Gasteiger partial charge in [-0.3, -0.25) is 4.68 Å². The van der Waals surface area contributed by atoms with Crippen molar-refractivity contribution >= 4 is 0 Å². The Balaban J connectivity index is 2.97. The Morgan fingerprint density at radius 3 is 2.50 bits per heavy atom. The van der Waals surface area contributed by atoms with E-state index in [-0.39, 0.29) is 0 Å². The van der Waals surface area contributed by atoms with Crippen molar-refractivity contribution in [2.75, 3.05) is 0 Å². The highest BCUT2D eigenvalue weighted by molar-refractivity contribution is 5.14. The zero-order valence-corrected chi connectivity index (χ0v) is 6.81. The quantitative estimate of drug-likeness (QED) is 0.605. The maximum absolute atomic E-state index is 4.10. The van der Waals surface area contributed by atoms with Crippen molar-refractivity contribution in [2.45, 2.75) is 33.7 Å². The summed E-state index contributed by atoms with van der Waals surface area (Å²) >= 11 is 0. The molecule has 1 aromatic rings. The van der Waals surface area contributed by atoms with Crippen molar-refractivity contribution in [3.8, 4) is 0 Å².